The van der Waals surface area contributed by atoms with Gasteiger partial charge in [-0.2, -0.15) is 0 Å². The molecule has 0 amide bonds. The predicted molar refractivity (Wildman–Crippen MR) is 62.7 cm³/mol. The topological polar surface area (TPSA) is 80.6 Å². The number of nitrogens with zero attached hydrogens (tertiary/aromatic N) is 3. The molecule has 88 valence electrons. The Morgan fingerprint density at radius 3 is 2.59 bits per heavy atom. The second-order valence-electron chi connectivity index (χ2n) is 3.88. The average molecular weight is 232 g/mol. The summed E-state index contributed by atoms with van der Waals surface area (Å²) in [6.07, 6.45) is 4.52. The maximum Gasteiger partial charge on any atom is 0.329 e. The van der Waals surface area contributed by atoms with E-state index in [-0.39, 0.29) is 11.6 Å². The van der Waals surface area contributed by atoms with Crippen LogP contribution in [-0.2, 0) is 0 Å². The third-order valence-corrected chi connectivity index (χ3v) is 2.32. The molecule has 0 spiro atoms. The highest BCUT2D eigenvalue weighted by molar-refractivity contribution is 5.50. The first-order valence-electron chi connectivity index (χ1n) is 5.22. The lowest BCUT2D eigenvalue weighted by Crippen LogP contribution is -2.36. The van der Waals surface area contributed by atoms with Gasteiger partial charge in [0.05, 0.1) is 11.9 Å². The van der Waals surface area contributed by atoms with Crippen molar-refractivity contribution in [3.8, 4) is 11.4 Å². The molecule has 0 aromatic carbocycles. The fraction of sp³-hybridized carbons (Fsp3) is 0.273. The summed E-state index contributed by atoms with van der Waals surface area (Å²) in [6, 6.07) is 1.17. The fourth-order valence-electron chi connectivity index (χ4n) is 1.57. The number of H-pyrrole nitrogens is 1. The van der Waals surface area contributed by atoms with E-state index < -0.39 is 5.69 Å². The largest absolute Gasteiger partial charge is 0.329 e. The van der Waals surface area contributed by atoms with Gasteiger partial charge in [0.2, 0.25) is 0 Å². The van der Waals surface area contributed by atoms with Crippen molar-refractivity contribution >= 4 is 0 Å². The van der Waals surface area contributed by atoms with Crippen molar-refractivity contribution in [2.24, 2.45) is 0 Å². The van der Waals surface area contributed by atoms with Gasteiger partial charge in [-0.15, -0.1) is 0 Å². The van der Waals surface area contributed by atoms with E-state index in [0.29, 0.717) is 11.4 Å². The molecule has 0 bridgehead atoms. The number of hydrogen-bond donors (Lipinski definition) is 1. The van der Waals surface area contributed by atoms with Crippen LogP contribution in [0.1, 0.15) is 19.9 Å². The lowest BCUT2D eigenvalue weighted by molar-refractivity contribution is 0.546. The van der Waals surface area contributed by atoms with E-state index >= 15 is 0 Å². The zero-order chi connectivity index (χ0) is 12.4. The van der Waals surface area contributed by atoms with E-state index in [1.165, 1.54) is 24.7 Å². The molecule has 6 nitrogen and oxygen atoms in total. The summed E-state index contributed by atoms with van der Waals surface area (Å²) in [6.45, 7) is 3.55. The summed E-state index contributed by atoms with van der Waals surface area (Å²) < 4.78 is 1.15. The zero-order valence-electron chi connectivity index (χ0n) is 9.54. The quantitative estimate of drug-likeness (QED) is 0.821. The Hall–Kier alpha value is -2.24. The Kier molecular flexibility index (Phi) is 2.86. The van der Waals surface area contributed by atoms with E-state index in [1.54, 1.807) is 13.8 Å². The molecule has 2 heterocycles. The zero-order valence-corrected chi connectivity index (χ0v) is 9.54. The number of rotatable bonds is 2. The highest BCUT2D eigenvalue weighted by Crippen LogP contribution is 2.07. The van der Waals surface area contributed by atoms with Crippen LogP contribution in [0.25, 0.3) is 11.4 Å². The van der Waals surface area contributed by atoms with Gasteiger partial charge >= 0.3 is 5.69 Å². The first-order chi connectivity index (χ1) is 8.09. The Morgan fingerprint density at radius 2 is 2.06 bits per heavy atom. The maximum atomic E-state index is 11.8. The van der Waals surface area contributed by atoms with Crippen molar-refractivity contribution in [1.29, 1.82) is 0 Å². The molecule has 0 aliphatic rings. The number of aromatic amines is 1. The molecule has 2 aromatic heterocycles. The smallest absolute Gasteiger partial charge is 0.305 e. The molecule has 0 saturated heterocycles. The number of nitrogens with one attached hydrogen (secondary N) is 1. The van der Waals surface area contributed by atoms with Crippen LogP contribution in [0.4, 0.5) is 0 Å². The Balaban J connectivity index is 2.62. The van der Waals surface area contributed by atoms with Crippen LogP contribution in [0.5, 0.6) is 0 Å². The molecular weight excluding hydrogens is 220 g/mol. The molecule has 0 fully saturated rings. The molecule has 6 heteroatoms. The minimum absolute atomic E-state index is 0.179. The van der Waals surface area contributed by atoms with Crippen LogP contribution in [0.15, 0.2) is 34.2 Å². The van der Waals surface area contributed by atoms with Gasteiger partial charge in [0.15, 0.2) is 0 Å². The van der Waals surface area contributed by atoms with Crippen LogP contribution in [0.2, 0.25) is 0 Å². The summed E-state index contributed by atoms with van der Waals surface area (Å²) in [4.78, 5) is 34.0. The van der Waals surface area contributed by atoms with Crippen molar-refractivity contribution in [3.05, 3.63) is 45.5 Å². The highest BCUT2D eigenvalue weighted by atomic mass is 16.2. The van der Waals surface area contributed by atoms with Crippen molar-refractivity contribution in [2.45, 2.75) is 19.9 Å². The summed E-state index contributed by atoms with van der Waals surface area (Å²) in [7, 11) is 0. The predicted octanol–water partition coefficient (Wildman–Crippen LogP) is 0.575. The summed E-state index contributed by atoms with van der Waals surface area (Å²) in [5, 5.41) is 0. The fourth-order valence-corrected chi connectivity index (χ4v) is 1.57. The van der Waals surface area contributed by atoms with Crippen molar-refractivity contribution in [2.75, 3.05) is 0 Å². The highest BCUT2D eigenvalue weighted by Gasteiger charge is 2.09. The monoisotopic (exact) mass is 232 g/mol. The summed E-state index contributed by atoms with van der Waals surface area (Å²) in [5.74, 6) is 0. The van der Waals surface area contributed by atoms with Gasteiger partial charge in [0.25, 0.3) is 5.56 Å². The number of hydrogen-bond acceptors (Lipinski definition) is 4. The maximum absolute atomic E-state index is 11.8. The lowest BCUT2D eigenvalue weighted by atomic mass is 10.3. The van der Waals surface area contributed by atoms with Gasteiger partial charge in [0, 0.05) is 24.5 Å². The van der Waals surface area contributed by atoms with Crippen LogP contribution in [0.3, 0.4) is 0 Å². The van der Waals surface area contributed by atoms with E-state index in [9.17, 15) is 9.59 Å². The van der Waals surface area contributed by atoms with Gasteiger partial charge in [-0.05, 0) is 13.8 Å². The number of aromatic nitrogens is 4. The molecule has 0 radical (unpaired) electrons. The summed E-state index contributed by atoms with van der Waals surface area (Å²) in [5.41, 5.74) is 0.0696. The van der Waals surface area contributed by atoms with Crippen LogP contribution in [-0.4, -0.2) is 19.5 Å². The molecule has 0 aliphatic carbocycles. The summed E-state index contributed by atoms with van der Waals surface area (Å²) >= 11 is 0. The molecular formula is C11H12N4O2. The van der Waals surface area contributed by atoms with Crippen LogP contribution in [0, 0.1) is 0 Å². The standard InChI is InChI=1S/C11H12N4O2/c1-7(2)15-10(16)5-8(14-11(15)17)9-6-12-3-4-13-9/h3-7H,1-2H3,(H,14,17). The first-order valence-corrected chi connectivity index (χ1v) is 5.22. The Bertz CT molecular complexity index is 597. The molecule has 1 N–H and O–H groups in total. The van der Waals surface area contributed by atoms with Crippen LogP contribution >= 0.6 is 0 Å². The molecule has 0 unspecified atom stereocenters. The van der Waals surface area contributed by atoms with E-state index in [4.69, 9.17) is 0 Å². The molecule has 2 rings (SSSR count). The first kappa shape index (κ1) is 11.3. The average Bonchev–Trinajstić information content (AvgIpc) is 2.28. The van der Waals surface area contributed by atoms with Gasteiger partial charge in [-0.3, -0.25) is 19.3 Å². The molecule has 17 heavy (non-hydrogen) atoms. The second-order valence-corrected chi connectivity index (χ2v) is 3.88. The minimum Gasteiger partial charge on any atom is -0.305 e. The molecule has 0 atom stereocenters. The van der Waals surface area contributed by atoms with Gasteiger partial charge in [-0.1, -0.05) is 0 Å². The normalized spacial score (nSPS) is 10.8. The molecule has 0 saturated carbocycles. The third-order valence-electron chi connectivity index (χ3n) is 2.32. The third kappa shape index (κ3) is 2.15. The SMILES string of the molecule is CC(C)n1c(=O)cc(-c2cnccn2)[nH]c1=O. The van der Waals surface area contributed by atoms with E-state index in [0.717, 1.165) is 4.57 Å². The van der Waals surface area contributed by atoms with Gasteiger partial charge < -0.3 is 4.98 Å². The Morgan fingerprint density at radius 1 is 1.29 bits per heavy atom. The van der Waals surface area contributed by atoms with E-state index in [1.807, 2.05) is 0 Å². The lowest BCUT2D eigenvalue weighted by Gasteiger charge is -2.08. The second kappa shape index (κ2) is 4.32. The molecule has 2 aromatic rings. The van der Waals surface area contributed by atoms with E-state index in [2.05, 4.69) is 15.0 Å². The molecule has 0 aliphatic heterocycles. The van der Waals surface area contributed by atoms with Gasteiger partial charge in [0.1, 0.15) is 5.69 Å². The van der Waals surface area contributed by atoms with Crippen LogP contribution < -0.4 is 11.2 Å². The van der Waals surface area contributed by atoms with Crippen molar-refractivity contribution in [3.63, 3.8) is 0 Å². The Labute approximate surface area is 97.0 Å². The minimum atomic E-state index is -0.437. The van der Waals surface area contributed by atoms with Crippen molar-refractivity contribution < 1.29 is 0 Å². The van der Waals surface area contributed by atoms with Gasteiger partial charge in [-0.25, -0.2) is 4.79 Å². The van der Waals surface area contributed by atoms with Crippen molar-refractivity contribution in [1.82, 2.24) is 19.5 Å².